The van der Waals surface area contributed by atoms with E-state index in [0.717, 1.165) is 0 Å². The van der Waals surface area contributed by atoms with E-state index in [1.807, 2.05) is 0 Å². The average Bonchev–Trinajstić information content (AvgIpc) is 2.30. The van der Waals surface area contributed by atoms with E-state index in [1.165, 1.54) is 4.90 Å². The molecule has 1 unspecified atom stereocenters. The zero-order valence-electron chi connectivity index (χ0n) is 6.64. The molecule has 0 aromatic rings. The standard InChI is InChI=1S/C7H12F3NO/c8-3-6(12)4-11-2-1-7(9,10)5-11/h6,12H,1-5H2. The molecule has 0 spiro atoms. The zero-order chi connectivity index (χ0) is 9.19. The molecule has 1 saturated heterocycles. The van der Waals surface area contributed by atoms with Crippen molar-refractivity contribution in [3.8, 4) is 0 Å². The van der Waals surface area contributed by atoms with E-state index in [9.17, 15) is 13.2 Å². The van der Waals surface area contributed by atoms with Gasteiger partial charge in [0.15, 0.2) is 0 Å². The number of rotatable bonds is 3. The number of nitrogens with zero attached hydrogens (tertiary/aromatic N) is 1. The summed E-state index contributed by atoms with van der Waals surface area (Å²) in [5.41, 5.74) is 0. The van der Waals surface area contributed by atoms with E-state index < -0.39 is 18.7 Å². The quantitative estimate of drug-likeness (QED) is 0.694. The zero-order valence-corrected chi connectivity index (χ0v) is 6.64. The molecule has 0 aromatic carbocycles. The highest BCUT2D eigenvalue weighted by molar-refractivity contribution is 4.82. The smallest absolute Gasteiger partial charge is 0.261 e. The predicted octanol–water partition coefficient (Wildman–Crippen LogP) is 0.658. The van der Waals surface area contributed by atoms with Gasteiger partial charge in [0, 0.05) is 19.5 Å². The lowest BCUT2D eigenvalue weighted by molar-refractivity contribution is 0.00625. The SMILES string of the molecule is OC(CF)CN1CCC(F)(F)C1. The van der Waals surface area contributed by atoms with Gasteiger partial charge in [-0.25, -0.2) is 13.2 Å². The fraction of sp³-hybridized carbons (Fsp3) is 1.00. The van der Waals surface area contributed by atoms with Gasteiger partial charge in [-0.05, 0) is 0 Å². The largest absolute Gasteiger partial charge is 0.389 e. The number of halogens is 3. The first-order valence-electron chi connectivity index (χ1n) is 3.88. The van der Waals surface area contributed by atoms with Crippen LogP contribution < -0.4 is 0 Å². The number of aliphatic hydroxyl groups is 1. The average molecular weight is 183 g/mol. The normalized spacial score (nSPS) is 26.0. The molecule has 0 aliphatic carbocycles. The molecule has 72 valence electrons. The number of hydrogen-bond donors (Lipinski definition) is 1. The molecular formula is C7H12F3NO. The number of aliphatic hydroxyl groups excluding tert-OH is 1. The Bertz CT molecular complexity index is 154. The Hall–Kier alpha value is -0.290. The molecule has 0 radical (unpaired) electrons. The van der Waals surface area contributed by atoms with Gasteiger partial charge < -0.3 is 5.11 Å². The van der Waals surface area contributed by atoms with Crippen LogP contribution in [0.15, 0.2) is 0 Å². The van der Waals surface area contributed by atoms with Gasteiger partial charge in [-0.3, -0.25) is 4.90 Å². The van der Waals surface area contributed by atoms with Crippen molar-refractivity contribution in [3.63, 3.8) is 0 Å². The van der Waals surface area contributed by atoms with Crippen LogP contribution >= 0.6 is 0 Å². The van der Waals surface area contributed by atoms with E-state index in [2.05, 4.69) is 0 Å². The van der Waals surface area contributed by atoms with Crippen molar-refractivity contribution in [2.24, 2.45) is 0 Å². The Morgan fingerprint density at radius 1 is 1.50 bits per heavy atom. The Kier molecular flexibility index (Phi) is 2.95. The van der Waals surface area contributed by atoms with Crippen LogP contribution in [0, 0.1) is 0 Å². The Morgan fingerprint density at radius 2 is 2.17 bits per heavy atom. The number of likely N-dealkylation sites (tertiary alicyclic amines) is 1. The lowest BCUT2D eigenvalue weighted by atomic mass is 10.3. The van der Waals surface area contributed by atoms with Gasteiger partial charge in [0.05, 0.1) is 12.6 Å². The van der Waals surface area contributed by atoms with E-state index in [1.54, 1.807) is 0 Å². The highest BCUT2D eigenvalue weighted by atomic mass is 19.3. The first-order valence-corrected chi connectivity index (χ1v) is 3.88. The first kappa shape index (κ1) is 9.80. The minimum absolute atomic E-state index is 0.00604. The van der Waals surface area contributed by atoms with Crippen LogP contribution in [0.1, 0.15) is 6.42 Å². The van der Waals surface area contributed by atoms with E-state index in [4.69, 9.17) is 5.11 Å². The molecular weight excluding hydrogens is 171 g/mol. The van der Waals surface area contributed by atoms with E-state index >= 15 is 0 Å². The second-order valence-corrected chi connectivity index (χ2v) is 3.15. The minimum Gasteiger partial charge on any atom is -0.389 e. The molecule has 0 saturated carbocycles. The molecule has 0 aromatic heterocycles. The Labute approximate surface area is 69.0 Å². The molecule has 1 atom stereocenters. The van der Waals surface area contributed by atoms with E-state index in [-0.39, 0.29) is 26.1 Å². The summed E-state index contributed by atoms with van der Waals surface area (Å²) in [6, 6.07) is 0. The van der Waals surface area contributed by atoms with Gasteiger partial charge in [0.2, 0.25) is 0 Å². The molecule has 1 aliphatic rings. The van der Waals surface area contributed by atoms with Crippen LogP contribution in [0.25, 0.3) is 0 Å². The third-order valence-electron chi connectivity index (χ3n) is 1.90. The molecule has 12 heavy (non-hydrogen) atoms. The summed E-state index contributed by atoms with van der Waals surface area (Å²) in [6.45, 7) is -0.984. The molecule has 1 rings (SSSR count). The molecule has 5 heteroatoms. The third kappa shape index (κ3) is 2.64. The summed E-state index contributed by atoms with van der Waals surface area (Å²) in [5.74, 6) is -2.66. The van der Waals surface area contributed by atoms with Crippen LogP contribution in [0.4, 0.5) is 13.2 Å². The van der Waals surface area contributed by atoms with Crippen LogP contribution in [0.5, 0.6) is 0 Å². The highest BCUT2D eigenvalue weighted by Gasteiger charge is 2.38. The fourth-order valence-corrected chi connectivity index (χ4v) is 1.31. The fourth-order valence-electron chi connectivity index (χ4n) is 1.31. The lowest BCUT2D eigenvalue weighted by Crippen LogP contribution is -2.33. The van der Waals surface area contributed by atoms with Gasteiger partial charge in [0.25, 0.3) is 5.92 Å². The van der Waals surface area contributed by atoms with Crippen LogP contribution in [0.3, 0.4) is 0 Å². The molecule has 0 amide bonds. The van der Waals surface area contributed by atoms with Gasteiger partial charge in [0.1, 0.15) is 6.67 Å². The highest BCUT2D eigenvalue weighted by Crippen LogP contribution is 2.26. The molecule has 0 bridgehead atoms. The molecule has 1 fully saturated rings. The van der Waals surface area contributed by atoms with Crippen molar-refractivity contribution >= 4 is 0 Å². The Balaban J connectivity index is 2.28. The topological polar surface area (TPSA) is 23.5 Å². The van der Waals surface area contributed by atoms with Crippen molar-refractivity contribution in [2.75, 3.05) is 26.3 Å². The molecule has 1 heterocycles. The third-order valence-corrected chi connectivity index (χ3v) is 1.90. The van der Waals surface area contributed by atoms with E-state index in [0.29, 0.717) is 0 Å². The maximum atomic E-state index is 12.5. The maximum Gasteiger partial charge on any atom is 0.261 e. The van der Waals surface area contributed by atoms with Crippen LogP contribution in [0.2, 0.25) is 0 Å². The van der Waals surface area contributed by atoms with Gasteiger partial charge >= 0.3 is 0 Å². The summed E-state index contributed by atoms with van der Waals surface area (Å²) >= 11 is 0. The maximum absolute atomic E-state index is 12.5. The molecule has 2 nitrogen and oxygen atoms in total. The van der Waals surface area contributed by atoms with Crippen molar-refractivity contribution < 1.29 is 18.3 Å². The summed E-state index contributed by atoms with van der Waals surface area (Å²) < 4.78 is 36.8. The van der Waals surface area contributed by atoms with Crippen molar-refractivity contribution in [1.29, 1.82) is 0 Å². The second kappa shape index (κ2) is 3.62. The number of alkyl halides is 3. The summed E-state index contributed by atoms with van der Waals surface area (Å²) in [4.78, 5) is 1.38. The van der Waals surface area contributed by atoms with Gasteiger partial charge in [-0.2, -0.15) is 0 Å². The Morgan fingerprint density at radius 3 is 2.58 bits per heavy atom. The summed E-state index contributed by atoms with van der Waals surface area (Å²) in [5, 5.41) is 8.83. The van der Waals surface area contributed by atoms with Crippen LogP contribution in [-0.4, -0.2) is 48.3 Å². The van der Waals surface area contributed by atoms with Crippen molar-refractivity contribution in [2.45, 2.75) is 18.4 Å². The second-order valence-electron chi connectivity index (χ2n) is 3.15. The summed E-state index contributed by atoms with van der Waals surface area (Å²) in [7, 11) is 0. The first-order chi connectivity index (χ1) is 5.53. The number of hydrogen-bond acceptors (Lipinski definition) is 2. The lowest BCUT2D eigenvalue weighted by Gasteiger charge is -2.17. The van der Waals surface area contributed by atoms with Gasteiger partial charge in [-0.15, -0.1) is 0 Å². The molecule has 1 aliphatic heterocycles. The minimum atomic E-state index is -2.66. The monoisotopic (exact) mass is 183 g/mol. The molecule has 1 N–H and O–H groups in total. The van der Waals surface area contributed by atoms with Crippen molar-refractivity contribution in [3.05, 3.63) is 0 Å². The van der Waals surface area contributed by atoms with Crippen LogP contribution in [-0.2, 0) is 0 Å². The number of β-amino-alcohol motifs (C(OH)–C–C–N with tert-alkyl or cyclic N) is 1. The summed E-state index contributed by atoms with van der Waals surface area (Å²) in [6.07, 6.45) is -1.31. The van der Waals surface area contributed by atoms with Gasteiger partial charge in [-0.1, -0.05) is 0 Å². The predicted molar refractivity (Wildman–Crippen MR) is 38.0 cm³/mol. The van der Waals surface area contributed by atoms with Crippen molar-refractivity contribution in [1.82, 2.24) is 4.90 Å².